The first kappa shape index (κ1) is 26.5. The SMILES string of the molecule is CN(C)c1ccc(CCC2CCN(C(=O)c3cc(F)ccc3NCc3ccc(N(C)C)cc3)CC2)cc1. The summed E-state index contributed by atoms with van der Waals surface area (Å²) in [5.74, 6) is 0.120. The summed E-state index contributed by atoms with van der Waals surface area (Å²) in [4.78, 5) is 19.4. The molecule has 1 heterocycles. The molecule has 1 amide bonds. The number of likely N-dealkylation sites (tertiary alicyclic amines) is 1. The van der Waals surface area contributed by atoms with E-state index in [1.165, 1.54) is 23.4 Å². The number of amides is 1. The Kier molecular flexibility index (Phi) is 8.70. The molecule has 5 nitrogen and oxygen atoms in total. The summed E-state index contributed by atoms with van der Waals surface area (Å²) in [6, 6.07) is 21.5. The van der Waals surface area contributed by atoms with E-state index in [1.54, 1.807) is 6.07 Å². The first-order valence-electron chi connectivity index (χ1n) is 13.2. The molecule has 37 heavy (non-hydrogen) atoms. The molecular formula is C31H39FN4O. The van der Waals surface area contributed by atoms with E-state index in [9.17, 15) is 9.18 Å². The molecule has 0 radical (unpaired) electrons. The molecule has 3 aromatic carbocycles. The number of carbonyl (C=O) groups is 1. The molecule has 0 aromatic heterocycles. The normalized spacial score (nSPS) is 13.9. The maximum atomic E-state index is 14.1. The van der Waals surface area contributed by atoms with E-state index < -0.39 is 0 Å². The lowest BCUT2D eigenvalue weighted by Gasteiger charge is -2.32. The molecule has 3 aromatic rings. The van der Waals surface area contributed by atoms with Gasteiger partial charge in [-0.1, -0.05) is 24.3 Å². The van der Waals surface area contributed by atoms with Gasteiger partial charge < -0.3 is 20.0 Å². The summed E-state index contributed by atoms with van der Waals surface area (Å²) >= 11 is 0. The van der Waals surface area contributed by atoms with E-state index in [1.807, 2.05) is 19.0 Å². The monoisotopic (exact) mass is 502 g/mol. The zero-order chi connectivity index (χ0) is 26.4. The summed E-state index contributed by atoms with van der Waals surface area (Å²) in [6.45, 7) is 1.99. The second kappa shape index (κ2) is 12.1. The van der Waals surface area contributed by atoms with Gasteiger partial charge in [-0.3, -0.25) is 4.79 Å². The third kappa shape index (κ3) is 7.03. The van der Waals surface area contributed by atoms with Crippen molar-refractivity contribution in [3.05, 3.63) is 89.2 Å². The Morgan fingerprint density at radius 3 is 2.00 bits per heavy atom. The Bertz CT molecular complexity index is 1170. The Morgan fingerprint density at radius 1 is 0.865 bits per heavy atom. The highest BCUT2D eigenvalue weighted by Crippen LogP contribution is 2.27. The van der Waals surface area contributed by atoms with Gasteiger partial charge in [0.2, 0.25) is 0 Å². The molecule has 0 saturated carbocycles. The lowest BCUT2D eigenvalue weighted by molar-refractivity contribution is 0.0687. The number of piperidine rings is 1. The first-order valence-corrected chi connectivity index (χ1v) is 13.2. The second-order valence-electron chi connectivity index (χ2n) is 10.4. The standard InChI is InChI=1S/C31H39FN4O/c1-34(2)27-12-7-23(8-13-27)5-6-24-17-19-36(20-18-24)31(37)29-21-26(32)11-16-30(29)33-22-25-9-14-28(15-10-25)35(3)4/h7-16,21,24,33H,5-6,17-20,22H2,1-4H3. The van der Waals surface area contributed by atoms with Crippen LogP contribution >= 0.6 is 0 Å². The van der Waals surface area contributed by atoms with Gasteiger partial charge in [0.25, 0.3) is 5.91 Å². The van der Waals surface area contributed by atoms with Crippen LogP contribution in [0.15, 0.2) is 66.7 Å². The van der Waals surface area contributed by atoms with Crippen LogP contribution in [-0.4, -0.2) is 52.1 Å². The van der Waals surface area contributed by atoms with E-state index in [4.69, 9.17) is 0 Å². The van der Waals surface area contributed by atoms with E-state index in [-0.39, 0.29) is 11.7 Å². The molecule has 0 atom stereocenters. The number of nitrogens with one attached hydrogen (secondary N) is 1. The van der Waals surface area contributed by atoms with Crippen molar-refractivity contribution in [1.29, 1.82) is 0 Å². The summed E-state index contributed by atoms with van der Waals surface area (Å²) in [6.07, 6.45) is 4.15. The van der Waals surface area contributed by atoms with E-state index >= 15 is 0 Å². The van der Waals surface area contributed by atoms with Gasteiger partial charge in [0.05, 0.1) is 5.56 Å². The predicted octanol–water partition coefficient (Wildman–Crippen LogP) is 6.05. The molecule has 0 bridgehead atoms. The van der Waals surface area contributed by atoms with Crippen molar-refractivity contribution >= 4 is 23.0 Å². The van der Waals surface area contributed by atoms with Gasteiger partial charge in [0, 0.05) is 64.9 Å². The maximum absolute atomic E-state index is 14.1. The second-order valence-corrected chi connectivity index (χ2v) is 10.4. The zero-order valence-electron chi connectivity index (χ0n) is 22.5. The summed E-state index contributed by atoms with van der Waals surface area (Å²) in [5, 5.41) is 3.35. The number of hydrogen-bond acceptors (Lipinski definition) is 4. The Hall–Kier alpha value is -3.54. The van der Waals surface area contributed by atoms with Gasteiger partial charge in [0.15, 0.2) is 0 Å². The van der Waals surface area contributed by atoms with Crippen LogP contribution in [0.5, 0.6) is 0 Å². The highest BCUT2D eigenvalue weighted by Gasteiger charge is 2.25. The molecule has 6 heteroatoms. The number of aryl methyl sites for hydroxylation is 1. The zero-order valence-corrected chi connectivity index (χ0v) is 22.5. The smallest absolute Gasteiger partial charge is 0.256 e. The molecule has 1 aliphatic rings. The molecule has 0 aliphatic carbocycles. The van der Waals surface area contributed by atoms with Crippen LogP contribution < -0.4 is 15.1 Å². The minimum atomic E-state index is -0.389. The number of nitrogens with zero attached hydrogens (tertiary/aromatic N) is 3. The van der Waals surface area contributed by atoms with Crippen LogP contribution in [0.4, 0.5) is 21.5 Å². The highest BCUT2D eigenvalue weighted by atomic mass is 19.1. The summed E-state index contributed by atoms with van der Waals surface area (Å²) in [7, 11) is 8.13. The Labute approximate surface area is 220 Å². The number of halogens is 1. The van der Waals surface area contributed by atoms with Crippen LogP contribution in [0.1, 0.15) is 40.7 Å². The summed E-state index contributed by atoms with van der Waals surface area (Å²) < 4.78 is 14.1. The molecule has 1 aliphatic heterocycles. The van der Waals surface area contributed by atoms with E-state index in [2.05, 4.69) is 77.7 Å². The highest BCUT2D eigenvalue weighted by molar-refractivity contribution is 5.99. The van der Waals surface area contributed by atoms with Crippen molar-refractivity contribution in [3.8, 4) is 0 Å². The molecule has 1 fully saturated rings. The topological polar surface area (TPSA) is 38.8 Å². The van der Waals surface area contributed by atoms with E-state index in [0.29, 0.717) is 36.8 Å². The maximum Gasteiger partial charge on any atom is 0.256 e. The van der Waals surface area contributed by atoms with Gasteiger partial charge in [-0.2, -0.15) is 0 Å². The minimum Gasteiger partial charge on any atom is -0.380 e. The fraction of sp³-hybridized carbons (Fsp3) is 0.387. The molecular weight excluding hydrogens is 463 g/mol. The average Bonchev–Trinajstić information content (AvgIpc) is 2.91. The number of rotatable bonds is 9. The average molecular weight is 503 g/mol. The Morgan fingerprint density at radius 2 is 1.43 bits per heavy atom. The lowest BCUT2D eigenvalue weighted by atomic mass is 9.90. The lowest BCUT2D eigenvalue weighted by Crippen LogP contribution is -2.38. The number of benzene rings is 3. The van der Waals surface area contributed by atoms with Gasteiger partial charge in [0.1, 0.15) is 5.82 Å². The number of anilines is 3. The number of hydrogen-bond donors (Lipinski definition) is 1. The summed E-state index contributed by atoms with van der Waals surface area (Å²) in [5.41, 5.74) is 5.88. The van der Waals surface area contributed by atoms with Gasteiger partial charge in [-0.25, -0.2) is 4.39 Å². The number of carbonyl (C=O) groups excluding carboxylic acids is 1. The molecule has 1 N–H and O–H groups in total. The molecule has 0 unspecified atom stereocenters. The van der Waals surface area contributed by atoms with Crippen molar-refractivity contribution in [2.75, 3.05) is 56.4 Å². The molecule has 1 saturated heterocycles. The molecule has 0 spiro atoms. The van der Waals surface area contributed by atoms with Crippen LogP contribution in [0.2, 0.25) is 0 Å². The van der Waals surface area contributed by atoms with Gasteiger partial charge in [-0.15, -0.1) is 0 Å². The largest absolute Gasteiger partial charge is 0.380 e. The van der Waals surface area contributed by atoms with Crippen LogP contribution in [0.25, 0.3) is 0 Å². The van der Waals surface area contributed by atoms with E-state index in [0.717, 1.165) is 36.9 Å². The van der Waals surface area contributed by atoms with Crippen molar-refractivity contribution in [1.82, 2.24) is 4.90 Å². The van der Waals surface area contributed by atoms with Crippen LogP contribution in [0.3, 0.4) is 0 Å². The van der Waals surface area contributed by atoms with Gasteiger partial charge >= 0.3 is 0 Å². The van der Waals surface area contributed by atoms with Crippen LogP contribution in [-0.2, 0) is 13.0 Å². The van der Waals surface area contributed by atoms with Crippen molar-refractivity contribution in [3.63, 3.8) is 0 Å². The predicted molar refractivity (Wildman–Crippen MR) is 152 cm³/mol. The van der Waals surface area contributed by atoms with Crippen LogP contribution in [0, 0.1) is 11.7 Å². The minimum absolute atomic E-state index is 0.0947. The molecule has 4 rings (SSSR count). The third-order valence-electron chi connectivity index (χ3n) is 7.34. The molecule has 196 valence electrons. The van der Waals surface area contributed by atoms with Gasteiger partial charge in [-0.05, 0) is 85.2 Å². The third-order valence-corrected chi connectivity index (χ3v) is 7.34. The Balaban J connectivity index is 1.32. The van der Waals surface area contributed by atoms with Crippen molar-refractivity contribution < 1.29 is 9.18 Å². The quantitative estimate of drug-likeness (QED) is 0.386. The van der Waals surface area contributed by atoms with Crippen molar-refractivity contribution in [2.24, 2.45) is 5.92 Å². The fourth-order valence-electron chi connectivity index (χ4n) is 4.88. The fourth-order valence-corrected chi connectivity index (χ4v) is 4.88. The first-order chi connectivity index (χ1) is 17.8. The van der Waals surface area contributed by atoms with Crippen molar-refractivity contribution in [2.45, 2.75) is 32.2 Å².